The predicted molar refractivity (Wildman–Crippen MR) is 82.3 cm³/mol. The van der Waals surface area contributed by atoms with Crippen LogP contribution in [0.4, 0.5) is 13.2 Å². The monoisotopic (exact) mass is 361 g/mol. The van der Waals surface area contributed by atoms with Gasteiger partial charge in [-0.2, -0.15) is 13.2 Å². The van der Waals surface area contributed by atoms with Gasteiger partial charge in [0.15, 0.2) is 5.69 Å². The zero-order chi connectivity index (χ0) is 16.4. The Bertz CT molecular complexity index is 714. The maximum atomic E-state index is 12.7. The minimum Gasteiger partial charge on any atom is -0.350 e. The first-order chi connectivity index (χ1) is 10.9. The van der Waals surface area contributed by atoms with E-state index >= 15 is 0 Å². The molecule has 0 aliphatic carbocycles. The minimum atomic E-state index is -4.44. The molecule has 0 atom stereocenters. The van der Waals surface area contributed by atoms with Crippen LogP contribution in [0.2, 0.25) is 0 Å². The number of carbonyl (C=O) groups is 1. The average Bonchev–Trinajstić information content (AvgIpc) is 2.94. The first kappa shape index (κ1) is 18.2. The Kier molecular flexibility index (Phi) is 5.45. The first-order valence-electron chi connectivity index (χ1n) is 7.02. The van der Waals surface area contributed by atoms with Gasteiger partial charge < -0.3 is 10.6 Å². The van der Waals surface area contributed by atoms with E-state index in [9.17, 15) is 18.0 Å². The molecule has 3 rings (SSSR count). The number of hydrogen-bond acceptors (Lipinski definition) is 4. The Balaban J connectivity index is 0.00000208. The van der Waals surface area contributed by atoms with Gasteiger partial charge in [0.2, 0.25) is 0 Å². The molecule has 1 aromatic carbocycles. The van der Waals surface area contributed by atoms with Crippen molar-refractivity contribution in [1.29, 1.82) is 0 Å². The van der Waals surface area contributed by atoms with Crippen molar-refractivity contribution in [3.63, 3.8) is 0 Å². The fourth-order valence-corrected chi connectivity index (χ4v) is 2.14. The number of aromatic nitrogens is 3. The second-order valence-electron chi connectivity index (χ2n) is 5.33. The van der Waals surface area contributed by atoms with Crippen molar-refractivity contribution in [3.05, 3.63) is 41.7 Å². The highest BCUT2D eigenvalue weighted by atomic mass is 35.5. The normalized spacial score (nSPS) is 14.6. The number of hydrogen-bond donors (Lipinski definition) is 2. The fourth-order valence-electron chi connectivity index (χ4n) is 2.14. The standard InChI is InChI=1S/C14H14F3N5O.ClH/c15-14(16,17)10-2-1-3-11(4-10)22-8-12(20-21-22)13(23)19-7-9-5-18-6-9;/h1-4,8-9,18H,5-7H2,(H,19,23);1H. The predicted octanol–water partition coefficient (Wildman–Crippen LogP) is 1.66. The van der Waals surface area contributed by atoms with Crippen molar-refractivity contribution in [2.24, 2.45) is 5.92 Å². The van der Waals surface area contributed by atoms with Crippen molar-refractivity contribution in [3.8, 4) is 5.69 Å². The Morgan fingerprint density at radius 3 is 2.75 bits per heavy atom. The van der Waals surface area contributed by atoms with Gasteiger partial charge in [0.25, 0.3) is 5.91 Å². The second-order valence-corrected chi connectivity index (χ2v) is 5.33. The lowest BCUT2D eigenvalue weighted by molar-refractivity contribution is -0.137. The summed E-state index contributed by atoms with van der Waals surface area (Å²) in [5.74, 6) is 0.00703. The van der Waals surface area contributed by atoms with E-state index in [2.05, 4.69) is 20.9 Å². The van der Waals surface area contributed by atoms with Gasteiger partial charge in [0, 0.05) is 25.6 Å². The van der Waals surface area contributed by atoms with Crippen LogP contribution in [0.25, 0.3) is 5.69 Å². The number of amides is 1. The van der Waals surface area contributed by atoms with Crippen LogP contribution in [-0.4, -0.2) is 40.5 Å². The lowest BCUT2D eigenvalue weighted by atomic mass is 10.0. The summed E-state index contributed by atoms with van der Waals surface area (Å²) >= 11 is 0. The van der Waals surface area contributed by atoms with Crippen LogP contribution in [-0.2, 0) is 6.18 Å². The van der Waals surface area contributed by atoms with Crippen LogP contribution in [0.15, 0.2) is 30.5 Å². The largest absolute Gasteiger partial charge is 0.416 e. The van der Waals surface area contributed by atoms with Crippen LogP contribution < -0.4 is 10.6 Å². The number of benzene rings is 1. The fraction of sp³-hybridized carbons (Fsp3) is 0.357. The van der Waals surface area contributed by atoms with Crippen LogP contribution in [0.5, 0.6) is 0 Å². The summed E-state index contributed by atoms with van der Waals surface area (Å²) in [5.41, 5.74) is -0.529. The zero-order valence-electron chi connectivity index (χ0n) is 12.4. The van der Waals surface area contributed by atoms with Gasteiger partial charge in [-0.1, -0.05) is 11.3 Å². The molecular formula is C14H15ClF3N5O. The van der Waals surface area contributed by atoms with Crippen LogP contribution in [0.1, 0.15) is 16.1 Å². The summed E-state index contributed by atoms with van der Waals surface area (Å²) in [6, 6.07) is 4.67. The third-order valence-electron chi connectivity index (χ3n) is 3.58. The second kappa shape index (κ2) is 7.18. The van der Waals surface area contributed by atoms with E-state index < -0.39 is 17.6 Å². The van der Waals surface area contributed by atoms with E-state index in [1.807, 2.05) is 0 Å². The summed E-state index contributed by atoms with van der Waals surface area (Å²) in [7, 11) is 0. The third-order valence-corrected chi connectivity index (χ3v) is 3.58. The van der Waals surface area contributed by atoms with E-state index in [0.717, 1.165) is 29.9 Å². The van der Waals surface area contributed by atoms with Gasteiger partial charge in [-0.25, -0.2) is 4.68 Å². The molecule has 0 spiro atoms. The lowest BCUT2D eigenvalue weighted by Crippen LogP contribution is -2.48. The molecule has 0 bridgehead atoms. The van der Waals surface area contributed by atoms with Gasteiger partial charge >= 0.3 is 6.18 Å². The van der Waals surface area contributed by atoms with Crippen LogP contribution >= 0.6 is 12.4 Å². The number of halogens is 4. The molecule has 2 N–H and O–H groups in total. The molecule has 24 heavy (non-hydrogen) atoms. The summed E-state index contributed by atoms with van der Waals surface area (Å²) in [6.45, 7) is 2.25. The molecule has 1 saturated heterocycles. The number of nitrogens with zero attached hydrogens (tertiary/aromatic N) is 3. The van der Waals surface area contributed by atoms with Crippen LogP contribution in [0, 0.1) is 5.92 Å². The van der Waals surface area contributed by atoms with Crippen molar-refractivity contribution >= 4 is 18.3 Å². The Morgan fingerprint density at radius 2 is 2.12 bits per heavy atom. The quantitative estimate of drug-likeness (QED) is 0.868. The van der Waals surface area contributed by atoms with E-state index in [0.29, 0.717) is 12.5 Å². The molecule has 10 heteroatoms. The van der Waals surface area contributed by atoms with Gasteiger partial charge in [0.1, 0.15) is 0 Å². The SMILES string of the molecule is Cl.O=C(NCC1CNC1)c1cn(-c2cccc(C(F)(F)F)c2)nn1. The number of nitrogens with one attached hydrogen (secondary N) is 2. The molecule has 2 aromatic rings. The summed E-state index contributed by atoms with van der Waals surface area (Å²) < 4.78 is 39.3. The van der Waals surface area contributed by atoms with Gasteiger partial charge in [-0.05, 0) is 18.2 Å². The lowest BCUT2D eigenvalue weighted by Gasteiger charge is -2.26. The average molecular weight is 362 g/mol. The van der Waals surface area contributed by atoms with E-state index in [-0.39, 0.29) is 23.8 Å². The molecule has 1 aromatic heterocycles. The van der Waals surface area contributed by atoms with E-state index in [4.69, 9.17) is 0 Å². The van der Waals surface area contributed by atoms with Gasteiger partial charge in [-0.3, -0.25) is 4.79 Å². The van der Waals surface area contributed by atoms with Crippen molar-refractivity contribution < 1.29 is 18.0 Å². The molecular weight excluding hydrogens is 347 g/mol. The van der Waals surface area contributed by atoms with E-state index in [1.165, 1.54) is 18.3 Å². The molecule has 130 valence electrons. The molecule has 0 saturated carbocycles. The highest BCUT2D eigenvalue weighted by molar-refractivity contribution is 5.91. The molecule has 0 radical (unpaired) electrons. The number of alkyl halides is 3. The molecule has 1 fully saturated rings. The smallest absolute Gasteiger partial charge is 0.350 e. The topological polar surface area (TPSA) is 71.8 Å². The highest BCUT2D eigenvalue weighted by Gasteiger charge is 2.30. The van der Waals surface area contributed by atoms with Crippen molar-refractivity contribution in [2.45, 2.75) is 6.18 Å². The summed E-state index contributed by atoms with van der Waals surface area (Å²) in [6.07, 6.45) is -3.13. The summed E-state index contributed by atoms with van der Waals surface area (Å²) in [4.78, 5) is 11.9. The van der Waals surface area contributed by atoms with E-state index in [1.54, 1.807) is 0 Å². The maximum Gasteiger partial charge on any atom is 0.416 e. The molecule has 1 aliphatic heterocycles. The molecule has 0 unspecified atom stereocenters. The first-order valence-corrected chi connectivity index (χ1v) is 7.02. The summed E-state index contributed by atoms with van der Waals surface area (Å²) in [5, 5.41) is 13.2. The van der Waals surface area contributed by atoms with Crippen molar-refractivity contribution in [2.75, 3.05) is 19.6 Å². The zero-order valence-corrected chi connectivity index (χ0v) is 13.2. The van der Waals surface area contributed by atoms with Crippen LogP contribution in [0.3, 0.4) is 0 Å². The van der Waals surface area contributed by atoms with Gasteiger partial charge in [-0.15, -0.1) is 17.5 Å². The van der Waals surface area contributed by atoms with Crippen molar-refractivity contribution in [1.82, 2.24) is 25.6 Å². The minimum absolute atomic E-state index is 0. The Labute approximate surface area is 141 Å². The number of carbonyl (C=O) groups excluding carboxylic acids is 1. The third kappa shape index (κ3) is 4.04. The molecule has 6 nitrogen and oxygen atoms in total. The Hall–Kier alpha value is -2.13. The highest BCUT2D eigenvalue weighted by Crippen LogP contribution is 2.30. The molecule has 1 aliphatic rings. The Morgan fingerprint density at radius 1 is 1.38 bits per heavy atom. The molecule has 2 heterocycles. The maximum absolute atomic E-state index is 12.7. The number of rotatable bonds is 4. The molecule has 1 amide bonds. The van der Waals surface area contributed by atoms with Gasteiger partial charge in [0.05, 0.1) is 17.4 Å².